The number of nitrogens with one attached hydrogen (secondary N) is 1. The highest BCUT2D eigenvalue weighted by atomic mass is 16.5. The van der Waals surface area contributed by atoms with Crippen molar-refractivity contribution in [2.45, 2.75) is 13.5 Å². The van der Waals surface area contributed by atoms with E-state index in [9.17, 15) is 4.79 Å². The molecule has 0 bridgehead atoms. The minimum Gasteiger partial charge on any atom is -0.491 e. The first-order valence-corrected chi connectivity index (χ1v) is 11.0. The molecule has 6 rings (SSSR count). The summed E-state index contributed by atoms with van der Waals surface area (Å²) in [7, 11) is 0. The van der Waals surface area contributed by atoms with Crippen LogP contribution in [0, 0.1) is 6.92 Å². The van der Waals surface area contributed by atoms with Gasteiger partial charge in [-0.15, -0.1) is 0 Å². The quantitative estimate of drug-likeness (QED) is 0.419. The molecule has 0 spiro atoms. The SMILES string of the molecule is Cc1nc2ccc(-c3ccc4c(c3)CN(C(=O)c3ccc5cccnc5c3)CCO4)cc2[nH]1. The largest absolute Gasteiger partial charge is 0.491 e. The van der Waals surface area contributed by atoms with Gasteiger partial charge in [-0.1, -0.05) is 24.3 Å². The third-order valence-electron chi connectivity index (χ3n) is 6.11. The van der Waals surface area contributed by atoms with Gasteiger partial charge < -0.3 is 14.6 Å². The van der Waals surface area contributed by atoms with Crippen molar-refractivity contribution in [1.82, 2.24) is 19.9 Å². The fourth-order valence-electron chi connectivity index (χ4n) is 4.45. The number of aromatic nitrogens is 3. The molecule has 0 unspecified atom stereocenters. The lowest BCUT2D eigenvalue weighted by Gasteiger charge is -2.20. The van der Waals surface area contributed by atoms with Crippen LogP contribution in [0.2, 0.25) is 0 Å². The molecular formula is C27H22N4O2. The van der Waals surface area contributed by atoms with Crippen LogP contribution >= 0.6 is 0 Å². The summed E-state index contributed by atoms with van der Waals surface area (Å²) < 4.78 is 5.98. The van der Waals surface area contributed by atoms with Crippen LogP contribution in [0.3, 0.4) is 0 Å². The Hall–Kier alpha value is -4.19. The molecule has 3 heterocycles. The third kappa shape index (κ3) is 3.59. The lowest BCUT2D eigenvalue weighted by molar-refractivity contribution is 0.0733. The van der Waals surface area contributed by atoms with Crippen molar-refractivity contribution in [3.63, 3.8) is 0 Å². The minimum atomic E-state index is -0.0150. The summed E-state index contributed by atoms with van der Waals surface area (Å²) in [5.74, 6) is 1.71. The maximum atomic E-state index is 13.3. The smallest absolute Gasteiger partial charge is 0.254 e. The molecule has 0 atom stereocenters. The average molecular weight is 434 g/mol. The Morgan fingerprint density at radius 2 is 1.88 bits per heavy atom. The number of carbonyl (C=O) groups excluding carboxylic acids is 1. The van der Waals surface area contributed by atoms with Crippen LogP contribution in [0.1, 0.15) is 21.7 Å². The van der Waals surface area contributed by atoms with Crippen molar-refractivity contribution in [2.75, 3.05) is 13.2 Å². The van der Waals surface area contributed by atoms with Crippen molar-refractivity contribution in [3.8, 4) is 16.9 Å². The van der Waals surface area contributed by atoms with Gasteiger partial charge in [0, 0.05) is 29.3 Å². The fourth-order valence-corrected chi connectivity index (χ4v) is 4.45. The number of ether oxygens (including phenoxy) is 1. The molecule has 0 saturated carbocycles. The molecule has 162 valence electrons. The van der Waals surface area contributed by atoms with E-state index in [-0.39, 0.29) is 5.91 Å². The number of aromatic amines is 1. The predicted octanol–water partition coefficient (Wildman–Crippen LogP) is 5.12. The minimum absolute atomic E-state index is 0.0150. The Morgan fingerprint density at radius 1 is 1.00 bits per heavy atom. The van der Waals surface area contributed by atoms with Crippen molar-refractivity contribution < 1.29 is 9.53 Å². The van der Waals surface area contributed by atoms with E-state index in [1.165, 1.54) is 0 Å². The van der Waals surface area contributed by atoms with E-state index in [1.54, 1.807) is 6.20 Å². The van der Waals surface area contributed by atoms with Gasteiger partial charge in [0.25, 0.3) is 5.91 Å². The Kier molecular flexibility index (Phi) is 4.57. The molecule has 6 heteroatoms. The summed E-state index contributed by atoms with van der Waals surface area (Å²) in [6.07, 6.45) is 1.75. The summed E-state index contributed by atoms with van der Waals surface area (Å²) in [5, 5.41) is 1.02. The monoisotopic (exact) mass is 434 g/mol. The van der Waals surface area contributed by atoms with Crippen LogP contribution in [-0.4, -0.2) is 38.9 Å². The zero-order valence-corrected chi connectivity index (χ0v) is 18.2. The maximum absolute atomic E-state index is 13.3. The average Bonchev–Trinajstić information content (AvgIpc) is 3.08. The lowest BCUT2D eigenvalue weighted by Crippen LogP contribution is -2.32. The van der Waals surface area contributed by atoms with E-state index >= 15 is 0 Å². The van der Waals surface area contributed by atoms with Gasteiger partial charge in [0.2, 0.25) is 0 Å². The molecule has 0 radical (unpaired) electrons. The summed E-state index contributed by atoms with van der Waals surface area (Å²) in [6, 6.07) is 22.0. The van der Waals surface area contributed by atoms with Crippen molar-refractivity contribution in [3.05, 3.63) is 89.9 Å². The van der Waals surface area contributed by atoms with Crippen LogP contribution in [-0.2, 0) is 6.54 Å². The second-order valence-corrected chi connectivity index (χ2v) is 8.36. The third-order valence-corrected chi connectivity index (χ3v) is 6.11. The number of H-pyrrole nitrogens is 1. The number of fused-ring (bicyclic) bond motifs is 3. The number of amides is 1. The zero-order chi connectivity index (χ0) is 22.4. The van der Waals surface area contributed by atoms with E-state index in [0.29, 0.717) is 25.3 Å². The van der Waals surface area contributed by atoms with Gasteiger partial charge in [-0.25, -0.2) is 4.98 Å². The second-order valence-electron chi connectivity index (χ2n) is 8.36. The molecule has 0 aliphatic carbocycles. The van der Waals surface area contributed by atoms with Gasteiger partial charge in [-0.05, 0) is 60.5 Å². The summed E-state index contributed by atoms with van der Waals surface area (Å²) >= 11 is 0. The highest BCUT2D eigenvalue weighted by molar-refractivity contribution is 5.97. The van der Waals surface area contributed by atoms with Crippen LogP contribution in [0.5, 0.6) is 5.75 Å². The number of carbonyl (C=O) groups is 1. The molecule has 3 aromatic carbocycles. The normalized spacial score (nSPS) is 13.5. The number of hydrogen-bond acceptors (Lipinski definition) is 4. The first kappa shape index (κ1) is 19.5. The molecule has 2 aromatic heterocycles. The van der Waals surface area contributed by atoms with Gasteiger partial charge >= 0.3 is 0 Å². The van der Waals surface area contributed by atoms with E-state index in [2.05, 4.69) is 39.2 Å². The molecule has 1 aliphatic rings. The highest BCUT2D eigenvalue weighted by Gasteiger charge is 2.22. The van der Waals surface area contributed by atoms with Gasteiger partial charge in [-0.3, -0.25) is 9.78 Å². The van der Waals surface area contributed by atoms with Crippen molar-refractivity contribution >= 4 is 27.8 Å². The molecule has 1 N–H and O–H groups in total. The van der Waals surface area contributed by atoms with E-state index in [1.807, 2.05) is 54.3 Å². The lowest BCUT2D eigenvalue weighted by atomic mass is 10.0. The Labute approximate surface area is 190 Å². The summed E-state index contributed by atoms with van der Waals surface area (Å²) in [5.41, 5.74) is 6.60. The van der Waals surface area contributed by atoms with E-state index in [0.717, 1.165) is 50.2 Å². The van der Waals surface area contributed by atoms with Gasteiger partial charge in [0.15, 0.2) is 0 Å². The molecule has 1 aliphatic heterocycles. The number of rotatable bonds is 2. The number of benzene rings is 3. The number of aryl methyl sites for hydroxylation is 1. The molecule has 0 saturated heterocycles. The first-order valence-electron chi connectivity index (χ1n) is 11.0. The first-order chi connectivity index (χ1) is 16.1. The molecule has 33 heavy (non-hydrogen) atoms. The highest BCUT2D eigenvalue weighted by Crippen LogP contribution is 2.31. The Balaban J connectivity index is 1.32. The van der Waals surface area contributed by atoms with Crippen molar-refractivity contribution in [2.24, 2.45) is 0 Å². The van der Waals surface area contributed by atoms with Crippen LogP contribution in [0.4, 0.5) is 0 Å². The summed E-state index contributed by atoms with van der Waals surface area (Å²) in [4.78, 5) is 27.4. The van der Waals surface area contributed by atoms with Crippen LogP contribution in [0.25, 0.3) is 33.1 Å². The number of hydrogen-bond donors (Lipinski definition) is 1. The van der Waals surface area contributed by atoms with Crippen molar-refractivity contribution in [1.29, 1.82) is 0 Å². The van der Waals surface area contributed by atoms with Crippen LogP contribution in [0.15, 0.2) is 72.9 Å². The predicted molar refractivity (Wildman–Crippen MR) is 128 cm³/mol. The number of nitrogens with zero attached hydrogens (tertiary/aromatic N) is 3. The standard InChI is InChI=1S/C27H22N4O2/c1-17-29-23-8-6-20(14-25(23)30-17)19-7-9-26-22(13-19)16-31(11-12-33-26)27(32)21-5-4-18-3-2-10-28-24(18)15-21/h2-10,13-15H,11-12,16H2,1H3,(H,29,30). The Morgan fingerprint density at radius 3 is 2.82 bits per heavy atom. The topological polar surface area (TPSA) is 71.1 Å². The maximum Gasteiger partial charge on any atom is 0.254 e. The van der Waals surface area contributed by atoms with Gasteiger partial charge in [-0.2, -0.15) is 0 Å². The Bertz CT molecular complexity index is 1520. The molecular weight excluding hydrogens is 412 g/mol. The van der Waals surface area contributed by atoms with E-state index in [4.69, 9.17) is 4.74 Å². The molecule has 0 fully saturated rings. The number of imidazole rings is 1. The van der Waals surface area contributed by atoms with Crippen LogP contribution < -0.4 is 4.74 Å². The van der Waals surface area contributed by atoms with Gasteiger partial charge in [0.05, 0.1) is 23.1 Å². The number of pyridine rings is 1. The fraction of sp³-hybridized carbons (Fsp3) is 0.148. The molecule has 1 amide bonds. The zero-order valence-electron chi connectivity index (χ0n) is 18.2. The summed E-state index contributed by atoms with van der Waals surface area (Å²) in [6.45, 7) is 3.44. The van der Waals surface area contributed by atoms with E-state index < -0.39 is 0 Å². The van der Waals surface area contributed by atoms with Gasteiger partial charge in [0.1, 0.15) is 18.2 Å². The molecule has 5 aromatic rings. The second kappa shape index (κ2) is 7.74. The molecule has 6 nitrogen and oxygen atoms in total.